The van der Waals surface area contributed by atoms with Crippen LogP contribution in [-0.4, -0.2) is 27.6 Å². The first-order valence-corrected chi connectivity index (χ1v) is 20.8. The second-order valence-electron chi connectivity index (χ2n) is 20.2. The minimum atomic E-state index is -0.0838. The maximum absolute atomic E-state index is 5.79. The number of nitrogens with zero attached hydrogens (tertiary/aromatic N) is 6. The molecule has 6 nitrogen and oxygen atoms in total. The predicted molar refractivity (Wildman–Crippen MR) is 244 cm³/mol. The van der Waals surface area contributed by atoms with Crippen molar-refractivity contribution in [2.45, 2.75) is 92.4 Å². The maximum atomic E-state index is 5.79. The van der Waals surface area contributed by atoms with E-state index in [0.717, 1.165) is 33.6 Å². The lowest BCUT2D eigenvalue weighted by atomic mass is 9.83. The Kier molecular flexibility index (Phi) is 6.13. The highest BCUT2D eigenvalue weighted by Crippen LogP contribution is 2.50. The molecule has 6 heteroatoms. The number of hydrogen-bond donors (Lipinski definition) is 0. The summed E-state index contributed by atoms with van der Waals surface area (Å²) in [6.07, 6.45) is 0. The molecule has 0 spiro atoms. The van der Waals surface area contributed by atoms with E-state index >= 15 is 0 Å². The van der Waals surface area contributed by atoms with E-state index in [4.69, 9.17) is 9.97 Å². The highest BCUT2D eigenvalue weighted by molar-refractivity contribution is 6.37. The topological polar surface area (TPSA) is 43.4 Å². The van der Waals surface area contributed by atoms with Gasteiger partial charge in [-0.3, -0.25) is 17.6 Å². The highest BCUT2D eigenvalue weighted by Gasteiger charge is 2.33. The fraction of sp³-hybridized carbons (Fsp3) is 0.269. The van der Waals surface area contributed by atoms with Gasteiger partial charge in [0.15, 0.2) is 0 Å². The number of aromatic nitrogens is 6. The van der Waals surface area contributed by atoms with Crippen molar-refractivity contribution in [1.29, 1.82) is 0 Å². The Bertz CT molecular complexity index is 3720. The Morgan fingerprint density at radius 2 is 0.914 bits per heavy atom. The SMILES string of the molecule is Cc1cccc(C)c1-c1cc(C(C)(C)C)cc2c1nc1n2c2c3c4cc(C(C)(C)C)ccc4n4c3c(c3c5cc(C(C)(C)C)ccc5n1c32)n1c2ccccc2nc14. The first-order valence-electron chi connectivity index (χ1n) is 20.8. The van der Waals surface area contributed by atoms with E-state index in [1.54, 1.807) is 0 Å². The molecule has 0 bridgehead atoms. The van der Waals surface area contributed by atoms with Gasteiger partial charge in [0.25, 0.3) is 0 Å². The number of imidazole rings is 4. The smallest absolute Gasteiger partial charge is 0.220 e. The molecule has 0 N–H and O–H groups in total. The van der Waals surface area contributed by atoms with Crippen molar-refractivity contribution in [2.24, 2.45) is 0 Å². The van der Waals surface area contributed by atoms with Crippen LogP contribution in [0, 0.1) is 13.8 Å². The number of hydrogen-bond acceptors (Lipinski definition) is 2. The van der Waals surface area contributed by atoms with Crippen LogP contribution in [-0.2, 0) is 16.2 Å². The fourth-order valence-electron chi connectivity index (χ4n) is 10.3. The summed E-state index contributed by atoms with van der Waals surface area (Å²) in [5, 5.41) is 5.02. The van der Waals surface area contributed by atoms with Crippen LogP contribution >= 0.6 is 0 Å². The molecule has 286 valence electrons. The second kappa shape index (κ2) is 10.5. The van der Waals surface area contributed by atoms with Gasteiger partial charge in [-0.05, 0) is 112 Å². The van der Waals surface area contributed by atoms with Gasteiger partial charge in [0.2, 0.25) is 11.6 Å². The Balaban J connectivity index is 1.43. The van der Waals surface area contributed by atoms with Crippen LogP contribution in [0.15, 0.2) is 91.0 Å². The summed E-state index contributed by atoms with van der Waals surface area (Å²) < 4.78 is 9.91. The Hall–Kier alpha value is -6.14. The average molecular weight is 757 g/mol. The van der Waals surface area contributed by atoms with Gasteiger partial charge in [-0.15, -0.1) is 0 Å². The maximum Gasteiger partial charge on any atom is 0.220 e. The molecule has 58 heavy (non-hydrogen) atoms. The Morgan fingerprint density at radius 3 is 1.45 bits per heavy atom. The highest BCUT2D eigenvalue weighted by atomic mass is 15.2. The molecule has 0 radical (unpaired) electrons. The summed E-state index contributed by atoms with van der Waals surface area (Å²) in [6.45, 7) is 25.4. The molecule has 12 aromatic rings. The number of para-hydroxylation sites is 2. The molecule has 0 saturated heterocycles. The molecule has 6 heterocycles. The second-order valence-corrected chi connectivity index (χ2v) is 20.2. The molecule has 0 saturated carbocycles. The molecule has 0 amide bonds. The normalized spacial score (nSPS) is 13.8. The zero-order valence-corrected chi connectivity index (χ0v) is 35.3. The minimum absolute atomic E-state index is 0.0259. The van der Waals surface area contributed by atoms with Crippen LogP contribution in [0.2, 0.25) is 0 Å². The third-order valence-corrected chi connectivity index (χ3v) is 13.3. The Morgan fingerprint density at radius 1 is 0.431 bits per heavy atom. The van der Waals surface area contributed by atoms with Crippen LogP contribution < -0.4 is 0 Å². The van der Waals surface area contributed by atoms with E-state index in [9.17, 15) is 0 Å². The number of benzene rings is 6. The van der Waals surface area contributed by atoms with Gasteiger partial charge >= 0.3 is 0 Å². The molecule has 0 fully saturated rings. The first kappa shape index (κ1) is 33.9. The molecule has 0 unspecified atom stereocenters. The zero-order valence-electron chi connectivity index (χ0n) is 35.3. The quantitative estimate of drug-likeness (QED) is 0.167. The van der Waals surface area contributed by atoms with Crippen LogP contribution in [0.5, 0.6) is 0 Å². The molecular weight excluding hydrogens is 709 g/mol. The van der Waals surface area contributed by atoms with Crippen LogP contribution in [0.1, 0.15) is 90.1 Å². The van der Waals surface area contributed by atoms with Crippen molar-refractivity contribution >= 4 is 88.3 Å². The monoisotopic (exact) mass is 756 g/mol. The predicted octanol–water partition coefficient (Wildman–Crippen LogP) is 13.5. The molecule has 6 aromatic carbocycles. The Labute approximate surface area is 337 Å². The van der Waals surface area contributed by atoms with Gasteiger partial charge in [0, 0.05) is 27.1 Å². The first-order chi connectivity index (χ1) is 27.5. The van der Waals surface area contributed by atoms with E-state index < -0.39 is 0 Å². The third kappa shape index (κ3) is 4.08. The third-order valence-electron chi connectivity index (χ3n) is 13.3. The molecular formula is C52H48N6. The number of fused-ring (bicyclic) bond motifs is 18. The summed E-state index contributed by atoms with van der Waals surface area (Å²) >= 11 is 0. The van der Waals surface area contributed by atoms with Crippen molar-refractivity contribution in [3.63, 3.8) is 0 Å². The molecule has 6 aromatic heterocycles. The van der Waals surface area contributed by atoms with E-state index in [1.165, 1.54) is 93.6 Å². The summed E-state index contributed by atoms with van der Waals surface area (Å²) in [5.41, 5.74) is 20.3. The van der Waals surface area contributed by atoms with Gasteiger partial charge < -0.3 is 0 Å². The van der Waals surface area contributed by atoms with Gasteiger partial charge in [0.1, 0.15) is 0 Å². The van der Waals surface area contributed by atoms with Gasteiger partial charge in [0.05, 0.1) is 55.2 Å². The average Bonchev–Trinajstić information content (AvgIpc) is 3.98. The summed E-state index contributed by atoms with van der Waals surface area (Å²) in [6, 6.07) is 34.4. The van der Waals surface area contributed by atoms with Crippen LogP contribution in [0.3, 0.4) is 0 Å². The summed E-state index contributed by atoms with van der Waals surface area (Å²) in [4.78, 5) is 11.2. The fourth-order valence-corrected chi connectivity index (χ4v) is 10.3. The lowest BCUT2D eigenvalue weighted by Crippen LogP contribution is -2.11. The van der Waals surface area contributed by atoms with Crippen molar-refractivity contribution in [3.8, 4) is 11.1 Å². The van der Waals surface area contributed by atoms with Crippen LogP contribution in [0.25, 0.3) is 99.4 Å². The lowest BCUT2D eigenvalue weighted by Gasteiger charge is -2.21. The molecule has 12 rings (SSSR count). The lowest BCUT2D eigenvalue weighted by molar-refractivity contribution is 0.591. The van der Waals surface area contributed by atoms with Crippen molar-refractivity contribution < 1.29 is 0 Å². The van der Waals surface area contributed by atoms with E-state index in [2.05, 4.69) is 185 Å². The molecule has 0 aliphatic heterocycles. The standard InChI is InChI=1S/C52H48N6/c1-27-15-14-16-28(2)40(27)34-25-31(52(9,10)11)26-39-43(34)54-49-56-37-22-20-30(51(6,7)8)24-33(37)41-45(56)47(58(39)49)42-32-23-29(50(3,4)5)19-21-36(32)55-44(42)46(41)57-38-18-13-12-17-35(38)53-48(55)57/h12-26H,1-11H3. The van der Waals surface area contributed by atoms with Gasteiger partial charge in [-0.2, -0.15) is 0 Å². The summed E-state index contributed by atoms with van der Waals surface area (Å²) in [5.74, 6) is 1.91. The van der Waals surface area contributed by atoms with Crippen molar-refractivity contribution in [2.75, 3.05) is 0 Å². The number of rotatable bonds is 1. The van der Waals surface area contributed by atoms with Gasteiger partial charge in [-0.25, -0.2) is 9.97 Å². The van der Waals surface area contributed by atoms with Crippen molar-refractivity contribution in [1.82, 2.24) is 27.6 Å². The largest absolute Gasteiger partial charge is 0.277 e. The minimum Gasteiger partial charge on any atom is -0.277 e. The zero-order chi connectivity index (χ0) is 40.1. The molecule has 0 atom stereocenters. The number of aryl methyl sites for hydroxylation is 2. The van der Waals surface area contributed by atoms with Crippen LogP contribution in [0.4, 0.5) is 0 Å². The van der Waals surface area contributed by atoms with E-state index in [1.807, 2.05) is 0 Å². The van der Waals surface area contributed by atoms with E-state index in [0.29, 0.717) is 0 Å². The molecule has 0 aliphatic rings. The van der Waals surface area contributed by atoms with Crippen molar-refractivity contribution in [3.05, 3.63) is 119 Å². The summed E-state index contributed by atoms with van der Waals surface area (Å²) in [7, 11) is 0. The molecule has 0 aliphatic carbocycles. The van der Waals surface area contributed by atoms with Gasteiger partial charge in [-0.1, -0.05) is 105 Å². The van der Waals surface area contributed by atoms with E-state index in [-0.39, 0.29) is 16.2 Å².